The van der Waals surface area contributed by atoms with Gasteiger partial charge in [-0.3, -0.25) is 0 Å². The third-order valence-electron chi connectivity index (χ3n) is 3.87. The van der Waals surface area contributed by atoms with Gasteiger partial charge in [-0.05, 0) is 68.7 Å². The van der Waals surface area contributed by atoms with Gasteiger partial charge in [-0.1, -0.05) is 24.3 Å². The molecule has 0 heterocycles. The molecule has 0 bridgehead atoms. The molecule has 0 aromatic heterocycles. The molecular weight excluding hydrogens is 396 g/mol. The first-order valence-electron chi connectivity index (χ1n) is 9.79. The minimum Gasteiger partial charge on any atom is -0.481 e. The van der Waals surface area contributed by atoms with E-state index in [2.05, 4.69) is 0 Å². The second-order valence-electron chi connectivity index (χ2n) is 7.38. The van der Waals surface area contributed by atoms with E-state index in [0.29, 0.717) is 11.3 Å². The number of hydrogen-bond donors (Lipinski definition) is 2. The van der Waals surface area contributed by atoms with Crippen LogP contribution >= 0.6 is 0 Å². The Morgan fingerprint density at radius 1 is 0.935 bits per heavy atom. The number of carbonyl (C=O) groups is 1. The topological polar surface area (TPSA) is 85.2 Å². The van der Waals surface area contributed by atoms with Crippen LogP contribution in [-0.2, 0) is 4.79 Å². The molecule has 6 heteroatoms. The van der Waals surface area contributed by atoms with Gasteiger partial charge in [0, 0.05) is 11.6 Å². The lowest BCUT2D eigenvalue weighted by molar-refractivity contribution is -0.139. The molecule has 2 N–H and O–H groups in total. The molecule has 0 saturated heterocycles. The van der Waals surface area contributed by atoms with Crippen molar-refractivity contribution in [3.63, 3.8) is 0 Å². The quantitative estimate of drug-likeness (QED) is 0.490. The zero-order valence-electron chi connectivity index (χ0n) is 18.2. The fourth-order valence-corrected chi connectivity index (χ4v) is 2.43. The fourth-order valence-electron chi connectivity index (χ4n) is 2.43. The van der Waals surface area contributed by atoms with Crippen LogP contribution in [0.1, 0.15) is 44.9 Å². The Kier molecular flexibility index (Phi) is 8.91. The summed E-state index contributed by atoms with van der Waals surface area (Å²) in [7, 11) is 0. The third-order valence-corrected chi connectivity index (χ3v) is 3.87. The van der Waals surface area contributed by atoms with Crippen LogP contribution in [0, 0.1) is 0 Å². The second-order valence-corrected chi connectivity index (χ2v) is 7.38. The predicted molar refractivity (Wildman–Crippen MR) is 120 cm³/mol. The molecule has 2 aromatic carbocycles. The maximum absolute atomic E-state index is 10.9. The summed E-state index contributed by atoms with van der Waals surface area (Å²) in [4.78, 5) is 10.9. The minimum absolute atomic E-state index is 0.240. The Balaban J connectivity index is 2.18. The van der Waals surface area contributed by atoms with Gasteiger partial charge < -0.3 is 24.4 Å². The van der Waals surface area contributed by atoms with E-state index in [1.54, 1.807) is 42.9 Å². The lowest BCUT2D eigenvalue weighted by Gasteiger charge is -2.14. The molecule has 2 aromatic rings. The lowest BCUT2D eigenvalue weighted by Crippen LogP contribution is -2.11. The predicted octanol–water partition coefficient (Wildman–Crippen LogP) is 5.50. The maximum atomic E-state index is 10.9. The molecule has 6 nitrogen and oxygen atoms in total. The first-order valence-corrected chi connectivity index (χ1v) is 9.79. The highest BCUT2D eigenvalue weighted by Crippen LogP contribution is 2.31. The van der Waals surface area contributed by atoms with Crippen LogP contribution < -0.4 is 14.2 Å². The molecule has 1 atom stereocenters. The minimum atomic E-state index is -1.11. The summed E-state index contributed by atoms with van der Waals surface area (Å²) in [5.41, 5.74) is 3.34. The molecule has 0 aliphatic heterocycles. The third kappa shape index (κ3) is 8.40. The van der Waals surface area contributed by atoms with Crippen LogP contribution in [0.4, 0.5) is 0 Å². The fraction of sp³-hybridized carbons (Fsp3) is 0.240. The van der Waals surface area contributed by atoms with E-state index < -0.39 is 18.7 Å². The van der Waals surface area contributed by atoms with Crippen molar-refractivity contribution in [1.29, 1.82) is 0 Å². The highest BCUT2D eigenvalue weighted by molar-refractivity contribution is 5.68. The van der Waals surface area contributed by atoms with Gasteiger partial charge in [0.05, 0.1) is 12.5 Å². The summed E-state index contributed by atoms with van der Waals surface area (Å²) in [6.07, 6.45) is 5.63. The Bertz CT molecular complexity index is 962. The van der Waals surface area contributed by atoms with Crippen LogP contribution in [0.25, 0.3) is 6.08 Å². The van der Waals surface area contributed by atoms with Crippen molar-refractivity contribution in [2.24, 2.45) is 0 Å². The molecule has 0 spiro atoms. The van der Waals surface area contributed by atoms with Crippen molar-refractivity contribution in [2.75, 3.05) is 6.61 Å². The van der Waals surface area contributed by atoms with E-state index in [-0.39, 0.29) is 5.75 Å². The Morgan fingerprint density at radius 3 is 2.10 bits per heavy atom. The molecule has 1 unspecified atom stereocenters. The van der Waals surface area contributed by atoms with Crippen molar-refractivity contribution in [2.45, 2.75) is 33.8 Å². The van der Waals surface area contributed by atoms with Crippen molar-refractivity contribution >= 4 is 12.0 Å². The molecule has 164 valence electrons. The number of aliphatic hydroxyl groups is 1. The van der Waals surface area contributed by atoms with Gasteiger partial charge >= 0.3 is 5.97 Å². The maximum Gasteiger partial charge on any atom is 0.341 e. The SMILES string of the molecule is CC(C)=COc1ccc(/C=C/C(O)c2ccc(OC=C(C)C)cc2OCC(=O)O)cc1. The molecule has 2 rings (SSSR count). The molecule has 31 heavy (non-hydrogen) atoms. The number of carboxylic acids is 1. The van der Waals surface area contributed by atoms with Crippen LogP contribution in [0.5, 0.6) is 17.2 Å². The van der Waals surface area contributed by atoms with Crippen molar-refractivity contribution in [3.05, 3.63) is 83.3 Å². The zero-order valence-corrected chi connectivity index (χ0v) is 18.2. The van der Waals surface area contributed by atoms with Crippen LogP contribution in [0.15, 0.2) is 72.2 Å². The molecule has 0 saturated carbocycles. The van der Waals surface area contributed by atoms with E-state index in [9.17, 15) is 9.90 Å². The summed E-state index contributed by atoms with van der Waals surface area (Å²) < 4.78 is 16.4. The molecular formula is C25H28O6. The number of aliphatic carboxylic acids is 1. The molecule has 0 fully saturated rings. The van der Waals surface area contributed by atoms with Crippen LogP contribution in [0.2, 0.25) is 0 Å². The van der Waals surface area contributed by atoms with Gasteiger partial charge in [0.2, 0.25) is 0 Å². The van der Waals surface area contributed by atoms with Gasteiger partial charge in [0.25, 0.3) is 0 Å². The van der Waals surface area contributed by atoms with E-state index >= 15 is 0 Å². The highest BCUT2D eigenvalue weighted by Gasteiger charge is 2.14. The standard InChI is InChI=1S/C25H28O6/c1-17(2)14-29-20-8-5-19(6-9-20)7-12-23(26)22-11-10-21(30-15-18(3)4)13-24(22)31-16-25(27)28/h5-15,23,26H,16H2,1-4H3,(H,27,28)/b12-7+. The number of allylic oxidation sites excluding steroid dienone is 2. The van der Waals surface area contributed by atoms with Crippen LogP contribution in [-0.4, -0.2) is 22.8 Å². The van der Waals surface area contributed by atoms with E-state index in [1.807, 2.05) is 52.0 Å². The largest absolute Gasteiger partial charge is 0.481 e. The number of rotatable bonds is 10. The normalized spacial score (nSPS) is 11.5. The molecule has 0 aliphatic carbocycles. The van der Waals surface area contributed by atoms with Crippen molar-refractivity contribution in [3.8, 4) is 17.2 Å². The molecule has 0 aliphatic rings. The number of carboxylic acid groups (broad SMARTS) is 1. The summed E-state index contributed by atoms with van der Waals surface area (Å²) in [6.45, 7) is 7.17. The Morgan fingerprint density at radius 2 is 1.52 bits per heavy atom. The number of benzene rings is 2. The average molecular weight is 424 g/mol. The summed E-state index contributed by atoms with van der Waals surface area (Å²) >= 11 is 0. The van der Waals surface area contributed by atoms with E-state index in [4.69, 9.17) is 19.3 Å². The number of aliphatic hydroxyl groups excluding tert-OH is 1. The zero-order chi connectivity index (χ0) is 22.8. The lowest BCUT2D eigenvalue weighted by atomic mass is 10.1. The average Bonchev–Trinajstić information content (AvgIpc) is 2.73. The highest BCUT2D eigenvalue weighted by atomic mass is 16.5. The summed E-state index contributed by atoms with van der Waals surface area (Å²) in [5.74, 6) is 0.329. The van der Waals surface area contributed by atoms with Gasteiger partial charge in [-0.2, -0.15) is 0 Å². The number of hydrogen-bond acceptors (Lipinski definition) is 5. The number of ether oxygens (including phenoxy) is 3. The van der Waals surface area contributed by atoms with Gasteiger partial charge in [-0.15, -0.1) is 0 Å². The summed E-state index contributed by atoms with van der Waals surface area (Å²) in [6, 6.07) is 12.3. The van der Waals surface area contributed by atoms with Gasteiger partial charge in [0.15, 0.2) is 6.61 Å². The van der Waals surface area contributed by atoms with E-state index in [1.165, 1.54) is 0 Å². The van der Waals surface area contributed by atoms with Crippen LogP contribution in [0.3, 0.4) is 0 Å². The second kappa shape index (κ2) is 11.6. The van der Waals surface area contributed by atoms with Crippen molar-refractivity contribution in [1.82, 2.24) is 0 Å². The monoisotopic (exact) mass is 424 g/mol. The smallest absolute Gasteiger partial charge is 0.341 e. The summed E-state index contributed by atoms with van der Waals surface area (Å²) in [5, 5.41) is 19.6. The van der Waals surface area contributed by atoms with Crippen molar-refractivity contribution < 1.29 is 29.2 Å². The molecule has 0 amide bonds. The molecule has 0 radical (unpaired) electrons. The Labute approximate surface area is 182 Å². The van der Waals surface area contributed by atoms with Gasteiger partial charge in [0.1, 0.15) is 23.4 Å². The Hall–Kier alpha value is -3.51. The first-order chi connectivity index (χ1) is 14.7. The first kappa shape index (κ1) is 23.8. The van der Waals surface area contributed by atoms with Gasteiger partial charge in [-0.25, -0.2) is 4.79 Å². The van der Waals surface area contributed by atoms with E-state index in [0.717, 1.165) is 22.5 Å².